The number of Topliss-reactive ketones (excluding diaryl/α,β-unsaturated/α-hetero) is 1. The van der Waals surface area contributed by atoms with Gasteiger partial charge in [-0.05, 0) is 24.0 Å². The van der Waals surface area contributed by atoms with E-state index in [-0.39, 0.29) is 17.6 Å². The molecule has 2 saturated carbocycles. The maximum absolute atomic E-state index is 12.9. The van der Waals surface area contributed by atoms with E-state index < -0.39 is 22.7 Å². The molecule has 1 aromatic carbocycles. The number of amides is 2. The second-order valence-corrected chi connectivity index (χ2v) is 7.67. The van der Waals surface area contributed by atoms with Crippen LogP contribution in [0.2, 0.25) is 5.02 Å². The van der Waals surface area contributed by atoms with E-state index in [4.69, 9.17) is 11.6 Å². The van der Waals surface area contributed by atoms with Gasteiger partial charge in [0.15, 0.2) is 0 Å². The van der Waals surface area contributed by atoms with Crippen LogP contribution in [0.4, 0.5) is 5.69 Å². The van der Waals surface area contributed by atoms with Crippen molar-refractivity contribution >= 4 is 34.9 Å². The van der Waals surface area contributed by atoms with Crippen molar-refractivity contribution in [3.8, 4) is 0 Å². The van der Waals surface area contributed by atoms with Gasteiger partial charge in [0.05, 0.1) is 22.5 Å². The van der Waals surface area contributed by atoms with Crippen molar-refractivity contribution < 1.29 is 14.4 Å². The lowest BCUT2D eigenvalue weighted by Crippen LogP contribution is -2.40. The van der Waals surface area contributed by atoms with E-state index in [1.54, 1.807) is 24.3 Å². The van der Waals surface area contributed by atoms with E-state index in [1.807, 2.05) is 13.8 Å². The van der Waals surface area contributed by atoms with Gasteiger partial charge in [0, 0.05) is 11.8 Å². The summed E-state index contributed by atoms with van der Waals surface area (Å²) >= 11 is 6.16. The largest absolute Gasteiger partial charge is 0.299 e. The minimum absolute atomic E-state index is 0.110. The third kappa shape index (κ3) is 1.42. The third-order valence-electron chi connectivity index (χ3n) is 5.81. The summed E-state index contributed by atoms with van der Waals surface area (Å²) in [5.74, 6) is -1.32. The first-order valence-electron chi connectivity index (χ1n) is 7.45. The van der Waals surface area contributed by atoms with Crippen molar-refractivity contribution in [2.24, 2.45) is 22.7 Å². The molecule has 0 unspecified atom stereocenters. The highest BCUT2D eigenvalue weighted by atomic mass is 35.5. The molecule has 2 amide bonds. The van der Waals surface area contributed by atoms with E-state index in [0.717, 1.165) is 0 Å². The Balaban J connectivity index is 1.86. The molecular weight excluding hydrogens is 302 g/mol. The maximum atomic E-state index is 12.9. The molecule has 114 valence electrons. The Morgan fingerprint density at radius 2 is 1.73 bits per heavy atom. The van der Waals surface area contributed by atoms with Crippen molar-refractivity contribution in [2.75, 3.05) is 4.90 Å². The molecule has 2 aliphatic carbocycles. The monoisotopic (exact) mass is 317 g/mol. The summed E-state index contributed by atoms with van der Waals surface area (Å²) in [4.78, 5) is 39.4. The first-order chi connectivity index (χ1) is 10.3. The highest BCUT2D eigenvalue weighted by molar-refractivity contribution is 6.36. The maximum Gasteiger partial charge on any atom is 0.238 e. The Morgan fingerprint density at radius 3 is 2.41 bits per heavy atom. The van der Waals surface area contributed by atoms with Crippen molar-refractivity contribution in [3.63, 3.8) is 0 Å². The van der Waals surface area contributed by atoms with Crippen molar-refractivity contribution in [1.82, 2.24) is 0 Å². The minimum Gasteiger partial charge on any atom is -0.299 e. The molecule has 1 heterocycles. The lowest BCUT2D eigenvalue weighted by molar-refractivity contribution is -0.138. The molecule has 3 fully saturated rings. The topological polar surface area (TPSA) is 54.5 Å². The van der Waals surface area contributed by atoms with Gasteiger partial charge in [0.2, 0.25) is 11.8 Å². The minimum atomic E-state index is -0.706. The van der Waals surface area contributed by atoms with E-state index in [2.05, 4.69) is 0 Å². The average molecular weight is 318 g/mol. The number of nitrogens with zero attached hydrogens (tertiary/aromatic N) is 1. The molecule has 0 spiro atoms. The number of ketones is 1. The number of carbonyl (C=O) groups excluding carboxylic acids is 3. The zero-order valence-electron chi connectivity index (χ0n) is 12.4. The fourth-order valence-electron chi connectivity index (χ4n) is 4.96. The van der Waals surface area contributed by atoms with Crippen LogP contribution in [0, 0.1) is 22.7 Å². The average Bonchev–Trinajstić information content (AvgIpc) is 2.94. The van der Waals surface area contributed by atoms with Gasteiger partial charge < -0.3 is 0 Å². The van der Waals surface area contributed by atoms with Gasteiger partial charge in [-0.25, -0.2) is 4.90 Å². The van der Waals surface area contributed by atoms with E-state index >= 15 is 0 Å². The summed E-state index contributed by atoms with van der Waals surface area (Å²) in [5, 5.41) is 0.373. The second-order valence-electron chi connectivity index (χ2n) is 7.27. The van der Waals surface area contributed by atoms with Crippen LogP contribution >= 0.6 is 11.6 Å². The molecule has 4 rings (SSSR count). The Labute approximate surface area is 133 Å². The molecular formula is C17H16ClNO3. The number of carbonyl (C=O) groups is 3. The molecule has 1 saturated heterocycles. The predicted octanol–water partition coefficient (Wildman–Crippen LogP) is 2.83. The highest BCUT2D eigenvalue weighted by Gasteiger charge is 2.74. The summed E-state index contributed by atoms with van der Waals surface area (Å²) in [6.07, 6.45) is 1.02. The van der Waals surface area contributed by atoms with Crippen LogP contribution in [0.1, 0.15) is 26.7 Å². The van der Waals surface area contributed by atoms with Crippen LogP contribution in [-0.2, 0) is 14.4 Å². The molecule has 0 N–H and O–H groups in total. The van der Waals surface area contributed by atoms with Crippen LogP contribution in [0.5, 0.6) is 0 Å². The van der Waals surface area contributed by atoms with Gasteiger partial charge in [-0.2, -0.15) is 0 Å². The molecule has 3 aliphatic rings. The predicted molar refractivity (Wildman–Crippen MR) is 81.4 cm³/mol. The summed E-state index contributed by atoms with van der Waals surface area (Å²) in [6, 6.07) is 6.84. The normalized spacial score (nSPS) is 39.8. The van der Waals surface area contributed by atoms with Crippen LogP contribution in [-0.4, -0.2) is 17.6 Å². The van der Waals surface area contributed by atoms with Gasteiger partial charge in [-0.1, -0.05) is 37.6 Å². The fraction of sp³-hybridized carbons (Fsp3) is 0.471. The summed E-state index contributed by atoms with van der Waals surface area (Å²) in [5.41, 5.74) is -0.686. The van der Waals surface area contributed by atoms with E-state index in [0.29, 0.717) is 23.6 Å². The number of rotatable bonds is 1. The van der Waals surface area contributed by atoms with Gasteiger partial charge in [-0.3, -0.25) is 14.4 Å². The molecule has 4 atom stereocenters. The number of hydrogen-bond acceptors (Lipinski definition) is 3. The van der Waals surface area contributed by atoms with Crippen LogP contribution in [0.3, 0.4) is 0 Å². The quantitative estimate of drug-likeness (QED) is 0.748. The summed E-state index contributed by atoms with van der Waals surface area (Å²) in [7, 11) is 0. The first-order valence-corrected chi connectivity index (χ1v) is 7.83. The van der Waals surface area contributed by atoms with Crippen LogP contribution in [0.25, 0.3) is 0 Å². The van der Waals surface area contributed by atoms with Crippen LogP contribution < -0.4 is 4.90 Å². The van der Waals surface area contributed by atoms with Crippen molar-refractivity contribution in [1.29, 1.82) is 0 Å². The number of para-hydroxylation sites is 1. The molecule has 1 aliphatic heterocycles. The van der Waals surface area contributed by atoms with Gasteiger partial charge in [-0.15, -0.1) is 0 Å². The van der Waals surface area contributed by atoms with Gasteiger partial charge in [0.25, 0.3) is 0 Å². The number of hydrogen-bond donors (Lipinski definition) is 0. The van der Waals surface area contributed by atoms with Crippen molar-refractivity contribution in [3.05, 3.63) is 29.3 Å². The Kier molecular flexibility index (Phi) is 2.53. The molecule has 4 nitrogen and oxygen atoms in total. The Bertz CT molecular complexity index is 745. The number of imide groups is 1. The lowest BCUT2D eigenvalue weighted by Gasteiger charge is -2.30. The molecule has 5 heteroatoms. The van der Waals surface area contributed by atoms with Gasteiger partial charge in [0.1, 0.15) is 5.78 Å². The first kappa shape index (κ1) is 13.9. The third-order valence-corrected chi connectivity index (χ3v) is 6.13. The number of halogens is 1. The lowest BCUT2D eigenvalue weighted by atomic mass is 9.68. The van der Waals surface area contributed by atoms with Crippen molar-refractivity contribution in [2.45, 2.75) is 26.7 Å². The highest BCUT2D eigenvalue weighted by Crippen LogP contribution is 2.68. The van der Waals surface area contributed by atoms with Crippen LogP contribution in [0.15, 0.2) is 24.3 Å². The standard InChI is InChI=1S/C17H16ClNO3/c1-16-7-11(20)17(2,8-16)13-12(16)14(21)19(15(13)22)10-6-4-3-5-9(10)18/h3-6,12-13H,7-8H2,1-2H3/t12-,13-,16+,17+/m0/s1. The molecule has 2 bridgehead atoms. The zero-order valence-corrected chi connectivity index (χ0v) is 13.2. The number of benzene rings is 1. The van der Waals surface area contributed by atoms with E-state index in [9.17, 15) is 14.4 Å². The zero-order chi connectivity index (χ0) is 15.9. The summed E-state index contributed by atoms with van der Waals surface area (Å²) in [6.45, 7) is 3.80. The van der Waals surface area contributed by atoms with Gasteiger partial charge >= 0.3 is 0 Å². The Hall–Kier alpha value is -1.68. The van der Waals surface area contributed by atoms with E-state index in [1.165, 1.54) is 4.90 Å². The summed E-state index contributed by atoms with van der Waals surface area (Å²) < 4.78 is 0. The second kappa shape index (κ2) is 3.99. The molecule has 0 radical (unpaired) electrons. The molecule has 1 aromatic rings. The number of anilines is 1. The smallest absolute Gasteiger partial charge is 0.238 e. The Morgan fingerprint density at radius 1 is 1.09 bits per heavy atom. The molecule has 22 heavy (non-hydrogen) atoms. The SMILES string of the molecule is C[C@@]12CC(=O)[C@@](C)(C1)[C@@H]1C(=O)N(c3ccccc3Cl)C(=O)[C@H]12. The number of fused-ring (bicyclic) bond motifs is 5. The molecule has 0 aromatic heterocycles. The fourth-order valence-corrected chi connectivity index (χ4v) is 5.18.